The van der Waals surface area contributed by atoms with Crippen LogP contribution in [0.15, 0.2) is 28.7 Å². The summed E-state index contributed by atoms with van der Waals surface area (Å²) in [5.41, 5.74) is 1.39. The molecule has 0 spiro atoms. The molecule has 1 aromatic rings. The molecule has 3 unspecified atom stereocenters. The van der Waals surface area contributed by atoms with Crippen molar-refractivity contribution in [1.29, 1.82) is 0 Å². The maximum Gasteiger partial charge on any atom is 0.0294 e. The van der Waals surface area contributed by atoms with Crippen LogP contribution >= 0.6 is 15.9 Å². The molecule has 4 atom stereocenters. The van der Waals surface area contributed by atoms with E-state index < -0.39 is 0 Å². The van der Waals surface area contributed by atoms with Gasteiger partial charge in [-0.15, -0.1) is 0 Å². The van der Waals surface area contributed by atoms with E-state index in [1.165, 1.54) is 50.6 Å². The van der Waals surface area contributed by atoms with Crippen molar-refractivity contribution in [3.63, 3.8) is 0 Å². The minimum atomic E-state index is 0.435. The van der Waals surface area contributed by atoms with Crippen molar-refractivity contribution < 1.29 is 0 Å². The van der Waals surface area contributed by atoms with Crippen LogP contribution in [0.3, 0.4) is 0 Å². The molecule has 1 aromatic carbocycles. The third-order valence-corrected chi connectivity index (χ3v) is 5.80. The summed E-state index contributed by atoms with van der Waals surface area (Å²) in [6.45, 7) is 3.52. The molecule has 2 N–H and O–H groups in total. The number of benzene rings is 1. The topological polar surface area (TPSA) is 24.1 Å². The number of hydrogen-bond donors (Lipinski definition) is 2. The van der Waals surface area contributed by atoms with Gasteiger partial charge in [-0.2, -0.15) is 0 Å². The summed E-state index contributed by atoms with van der Waals surface area (Å²) < 4.78 is 1.16. The Morgan fingerprint density at radius 2 is 1.86 bits per heavy atom. The van der Waals surface area contributed by atoms with Crippen LogP contribution in [0, 0.1) is 5.92 Å². The third kappa shape index (κ3) is 3.88. The summed E-state index contributed by atoms with van der Waals surface area (Å²) in [6.07, 6.45) is 8.25. The van der Waals surface area contributed by atoms with Crippen LogP contribution in [0.2, 0.25) is 0 Å². The average Bonchev–Trinajstić information content (AvgIpc) is 3.02. The quantitative estimate of drug-likeness (QED) is 0.840. The normalized spacial score (nSPS) is 31.2. The average molecular weight is 351 g/mol. The van der Waals surface area contributed by atoms with Gasteiger partial charge in [0, 0.05) is 22.6 Å². The van der Waals surface area contributed by atoms with Crippen LogP contribution in [0.4, 0.5) is 0 Å². The fraction of sp³-hybridized carbons (Fsp3) is 0.667. The Hall–Kier alpha value is -0.380. The maximum atomic E-state index is 3.93. The highest BCUT2D eigenvalue weighted by Gasteiger charge is 2.33. The van der Waals surface area contributed by atoms with Crippen LogP contribution in [0.5, 0.6) is 0 Å². The first-order valence-corrected chi connectivity index (χ1v) is 9.28. The van der Waals surface area contributed by atoms with E-state index in [1.807, 2.05) is 0 Å². The van der Waals surface area contributed by atoms with E-state index in [4.69, 9.17) is 0 Å². The van der Waals surface area contributed by atoms with Gasteiger partial charge in [-0.25, -0.2) is 0 Å². The summed E-state index contributed by atoms with van der Waals surface area (Å²) in [4.78, 5) is 0. The maximum absolute atomic E-state index is 3.93. The van der Waals surface area contributed by atoms with Crippen molar-refractivity contribution in [2.75, 3.05) is 6.54 Å². The molecule has 0 radical (unpaired) electrons. The largest absolute Gasteiger partial charge is 0.314 e. The first-order valence-electron chi connectivity index (χ1n) is 8.49. The molecule has 2 aliphatic rings. The van der Waals surface area contributed by atoms with Crippen molar-refractivity contribution in [2.45, 2.75) is 63.6 Å². The van der Waals surface area contributed by atoms with Crippen LogP contribution in [-0.2, 0) is 0 Å². The molecule has 1 saturated carbocycles. The molecule has 0 aromatic heterocycles. The minimum Gasteiger partial charge on any atom is -0.314 e. The lowest BCUT2D eigenvalue weighted by molar-refractivity contribution is 0.203. The summed E-state index contributed by atoms with van der Waals surface area (Å²) in [5, 5.41) is 7.66. The summed E-state index contributed by atoms with van der Waals surface area (Å²) in [6, 6.07) is 10.6. The molecule has 2 fully saturated rings. The van der Waals surface area contributed by atoms with Gasteiger partial charge in [-0.3, -0.25) is 0 Å². The van der Waals surface area contributed by atoms with E-state index in [2.05, 4.69) is 57.8 Å². The minimum absolute atomic E-state index is 0.435. The standard InChI is InChI=1S/C18H27BrN2/c1-13(14-8-10-15(19)11-9-14)21-18-6-3-2-5-16(18)17-7-4-12-20-17/h8-11,13,16-18,20-21H,2-7,12H2,1H3/t13-,16?,17?,18?/m0/s1. The van der Waals surface area contributed by atoms with Crippen LogP contribution in [-0.4, -0.2) is 18.6 Å². The van der Waals surface area contributed by atoms with Gasteiger partial charge in [-0.1, -0.05) is 40.9 Å². The molecule has 3 rings (SSSR count). The predicted octanol–water partition coefficient (Wildman–Crippen LogP) is 4.41. The van der Waals surface area contributed by atoms with Gasteiger partial charge >= 0.3 is 0 Å². The predicted molar refractivity (Wildman–Crippen MR) is 92.5 cm³/mol. The molecule has 0 bridgehead atoms. The van der Waals surface area contributed by atoms with E-state index >= 15 is 0 Å². The molecule has 116 valence electrons. The molecule has 1 heterocycles. The second-order valence-electron chi connectivity index (χ2n) is 6.70. The van der Waals surface area contributed by atoms with Gasteiger partial charge in [0.25, 0.3) is 0 Å². The second kappa shape index (κ2) is 7.26. The first kappa shape index (κ1) is 15.5. The third-order valence-electron chi connectivity index (χ3n) is 5.27. The Kier molecular flexibility index (Phi) is 5.36. The molecular weight excluding hydrogens is 324 g/mol. The lowest BCUT2D eigenvalue weighted by Gasteiger charge is -2.38. The lowest BCUT2D eigenvalue weighted by Crippen LogP contribution is -2.47. The van der Waals surface area contributed by atoms with Crippen LogP contribution in [0.25, 0.3) is 0 Å². The molecule has 3 heteroatoms. The number of rotatable bonds is 4. The van der Waals surface area contributed by atoms with Crippen molar-refractivity contribution >= 4 is 15.9 Å². The van der Waals surface area contributed by atoms with E-state index in [9.17, 15) is 0 Å². The fourth-order valence-electron chi connectivity index (χ4n) is 4.09. The molecule has 2 nitrogen and oxygen atoms in total. The highest BCUT2D eigenvalue weighted by Crippen LogP contribution is 2.32. The van der Waals surface area contributed by atoms with Gasteiger partial charge in [0.2, 0.25) is 0 Å². The van der Waals surface area contributed by atoms with E-state index in [-0.39, 0.29) is 0 Å². The SMILES string of the molecule is C[C@H](NC1CCCCC1C1CCCN1)c1ccc(Br)cc1. The summed E-state index contributed by atoms with van der Waals surface area (Å²) in [7, 11) is 0. The Labute approximate surface area is 137 Å². The lowest BCUT2D eigenvalue weighted by atomic mass is 9.79. The van der Waals surface area contributed by atoms with Crippen LogP contribution in [0.1, 0.15) is 57.1 Å². The van der Waals surface area contributed by atoms with Crippen molar-refractivity contribution in [3.8, 4) is 0 Å². The van der Waals surface area contributed by atoms with E-state index in [1.54, 1.807) is 0 Å². The summed E-state index contributed by atoms with van der Waals surface area (Å²) >= 11 is 3.52. The Morgan fingerprint density at radius 1 is 1.10 bits per heavy atom. The Bertz CT molecular complexity index is 439. The Balaban J connectivity index is 1.64. The monoisotopic (exact) mass is 350 g/mol. The van der Waals surface area contributed by atoms with E-state index in [0.29, 0.717) is 12.1 Å². The van der Waals surface area contributed by atoms with Gasteiger partial charge in [-0.05, 0) is 62.8 Å². The van der Waals surface area contributed by atoms with E-state index in [0.717, 1.165) is 16.4 Å². The smallest absolute Gasteiger partial charge is 0.0294 e. The highest BCUT2D eigenvalue weighted by molar-refractivity contribution is 9.10. The zero-order valence-electron chi connectivity index (χ0n) is 12.9. The fourth-order valence-corrected chi connectivity index (χ4v) is 4.36. The van der Waals surface area contributed by atoms with Gasteiger partial charge < -0.3 is 10.6 Å². The molecule has 0 amide bonds. The van der Waals surface area contributed by atoms with Crippen LogP contribution < -0.4 is 10.6 Å². The van der Waals surface area contributed by atoms with Gasteiger partial charge in [0.15, 0.2) is 0 Å². The summed E-state index contributed by atoms with van der Waals surface area (Å²) in [5.74, 6) is 0.819. The number of hydrogen-bond acceptors (Lipinski definition) is 2. The first-order chi connectivity index (χ1) is 10.2. The molecule has 1 aliphatic heterocycles. The second-order valence-corrected chi connectivity index (χ2v) is 7.61. The molecule has 1 aliphatic carbocycles. The zero-order chi connectivity index (χ0) is 14.7. The molecule has 21 heavy (non-hydrogen) atoms. The molecule has 1 saturated heterocycles. The molecular formula is C18H27BrN2. The van der Waals surface area contributed by atoms with Gasteiger partial charge in [0.05, 0.1) is 0 Å². The zero-order valence-corrected chi connectivity index (χ0v) is 14.5. The highest BCUT2D eigenvalue weighted by atomic mass is 79.9. The number of halogens is 1. The number of nitrogens with one attached hydrogen (secondary N) is 2. The van der Waals surface area contributed by atoms with Crippen molar-refractivity contribution in [1.82, 2.24) is 10.6 Å². The van der Waals surface area contributed by atoms with Crippen molar-refractivity contribution in [3.05, 3.63) is 34.3 Å². The Morgan fingerprint density at radius 3 is 2.57 bits per heavy atom. The van der Waals surface area contributed by atoms with Gasteiger partial charge in [0.1, 0.15) is 0 Å². The van der Waals surface area contributed by atoms with Crippen molar-refractivity contribution in [2.24, 2.45) is 5.92 Å².